The summed E-state index contributed by atoms with van der Waals surface area (Å²) in [5.41, 5.74) is 0. The topological polar surface area (TPSA) is 68.5 Å². The van der Waals surface area contributed by atoms with Crippen molar-refractivity contribution in [2.45, 2.75) is 6.42 Å². The summed E-state index contributed by atoms with van der Waals surface area (Å²) in [6.45, 7) is 0.199. The van der Waals surface area contributed by atoms with Crippen LogP contribution in [0.3, 0.4) is 0 Å². The van der Waals surface area contributed by atoms with Gasteiger partial charge in [0.05, 0.1) is 0 Å². The van der Waals surface area contributed by atoms with Crippen molar-refractivity contribution in [2.24, 2.45) is 0 Å². The molecule has 7 heteroatoms. The van der Waals surface area contributed by atoms with Crippen molar-refractivity contribution in [1.29, 1.82) is 0 Å². The molecule has 5 nitrogen and oxygen atoms in total. The molecule has 0 saturated carbocycles. The van der Waals surface area contributed by atoms with Crippen LogP contribution in [-0.4, -0.2) is 25.0 Å². The average Bonchev–Trinajstić information content (AvgIpc) is 3.07. The standard InChI is InChI=1S/C13H12BrNO4S/c14-11-4-3-10(19-11)13(17)18-8-12(16)15-6-5-9-2-1-7-20-9/h1-4,7H,5-6,8H2,(H,15,16). The Kier molecular flexibility index (Phi) is 5.37. The van der Waals surface area contributed by atoms with Crippen molar-refractivity contribution in [3.8, 4) is 0 Å². The number of rotatable bonds is 6. The lowest BCUT2D eigenvalue weighted by molar-refractivity contribution is -0.124. The van der Waals surface area contributed by atoms with Crippen LogP contribution < -0.4 is 5.32 Å². The normalized spacial score (nSPS) is 10.2. The molecule has 0 aliphatic rings. The van der Waals surface area contributed by atoms with Crippen LogP contribution in [0.2, 0.25) is 0 Å². The Morgan fingerprint density at radius 1 is 1.35 bits per heavy atom. The summed E-state index contributed by atoms with van der Waals surface area (Å²) in [6.07, 6.45) is 0.766. The van der Waals surface area contributed by atoms with Crippen molar-refractivity contribution < 1.29 is 18.7 Å². The third-order valence-corrected chi connectivity index (χ3v) is 3.74. The molecule has 1 amide bonds. The maximum atomic E-state index is 11.5. The van der Waals surface area contributed by atoms with Crippen LogP contribution in [0.4, 0.5) is 0 Å². The summed E-state index contributed by atoms with van der Waals surface area (Å²) in [4.78, 5) is 24.2. The number of nitrogens with one attached hydrogen (secondary N) is 1. The number of thiophene rings is 1. The van der Waals surface area contributed by atoms with Crippen LogP contribution in [-0.2, 0) is 16.0 Å². The smallest absolute Gasteiger partial charge is 0.374 e. The minimum absolute atomic E-state index is 0.0586. The van der Waals surface area contributed by atoms with E-state index in [0.717, 1.165) is 6.42 Å². The van der Waals surface area contributed by atoms with Gasteiger partial charge < -0.3 is 14.5 Å². The SMILES string of the molecule is O=C(COC(=O)c1ccc(Br)o1)NCCc1cccs1. The molecule has 1 N–H and O–H groups in total. The summed E-state index contributed by atoms with van der Waals surface area (Å²) >= 11 is 4.72. The van der Waals surface area contributed by atoms with Gasteiger partial charge in [0.2, 0.25) is 5.76 Å². The minimum Gasteiger partial charge on any atom is -0.450 e. The summed E-state index contributed by atoms with van der Waals surface area (Å²) < 4.78 is 10.3. The van der Waals surface area contributed by atoms with E-state index >= 15 is 0 Å². The molecular formula is C13H12BrNO4S. The molecule has 0 saturated heterocycles. The predicted octanol–water partition coefficient (Wildman–Crippen LogP) is 2.62. The van der Waals surface area contributed by atoms with Crippen LogP contribution in [0.1, 0.15) is 15.4 Å². The predicted molar refractivity (Wildman–Crippen MR) is 77.7 cm³/mol. The van der Waals surface area contributed by atoms with Gasteiger partial charge in [-0.1, -0.05) is 6.07 Å². The molecule has 0 radical (unpaired) electrons. The summed E-state index contributed by atoms with van der Waals surface area (Å²) in [5.74, 6) is -0.937. The summed E-state index contributed by atoms with van der Waals surface area (Å²) in [5, 5.41) is 4.67. The van der Waals surface area contributed by atoms with Gasteiger partial charge in [0, 0.05) is 11.4 Å². The molecule has 0 aliphatic heterocycles. The maximum absolute atomic E-state index is 11.5. The molecule has 0 aromatic carbocycles. The molecule has 0 aliphatic carbocycles. The lowest BCUT2D eigenvalue weighted by Crippen LogP contribution is -2.30. The van der Waals surface area contributed by atoms with Crippen molar-refractivity contribution in [2.75, 3.05) is 13.2 Å². The molecule has 20 heavy (non-hydrogen) atoms. The molecule has 0 bridgehead atoms. The molecule has 2 aromatic rings. The Morgan fingerprint density at radius 3 is 2.85 bits per heavy atom. The Labute approximate surface area is 128 Å². The van der Waals surface area contributed by atoms with Crippen molar-refractivity contribution in [3.63, 3.8) is 0 Å². The van der Waals surface area contributed by atoms with E-state index in [1.54, 1.807) is 17.4 Å². The zero-order valence-corrected chi connectivity index (χ0v) is 12.8. The third kappa shape index (κ3) is 4.50. The molecule has 0 atom stereocenters. The fourth-order valence-corrected chi connectivity index (χ4v) is 2.47. The van der Waals surface area contributed by atoms with E-state index in [4.69, 9.17) is 9.15 Å². The molecule has 0 fully saturated rings. The minimum atomic E-state index is -0.663. The number of amides is 1. The highest BCUT2D eigenvalue weighted by molar-refractivity contribution is 9.10. The van der Waals surface area contributed by atoms with Crippen molar-refractivity contribution in [1.82, 2.24) is 5.32 Å². The van der Waals surface area contributed by atoms with Crippen LogP contribution in [0, 0.1) is 0 Å². The first-order valence-corrected chi connectivity index (χ1v) is 7.54. The Morgan fingerprint density at radius 2 is 2.20 bits per heavy atom. The number of halogens is 1. The summed E-state index contributed by atoms with van der Waals surface area (Å²) in [6, 6.07) is 7.02. The van der Waals surface area contributed by atoms with Crippen LogP contribution in [0.25, 0.3) is 0 Å². The Balaban J connectivity index is 1.66. The highest BCUT2D eigenvalue weighted by Gasteiger charge is 2.13. The van der Waals surface area contributed by atoms with Gasteiger partial charge in [-0.2, -0.15) is 0 Å². The third-order valence-electron chi connectivity index (χ3n) is 2.38. The molecule has 0 spiro atoms. The first-order valence-electron chi connectivity index (χ1n) is 5.86. The molecule has 0 unspecified atom stereocenters. The zero-order chi connectivity index (χ0) is 14.4. The van der Waals surface area contributed by atoms with Gasteiger partial charge in [-0.3, -0.25) is 4.79 Å². The van der Waals surface area contributed by atoms with Crippen molar-refractivity contribution in [3.05, 3.63) is 45.0 Å². The number of carbonyl (C=O) groups is 2. The molecule has 2 aromatic heterocycles. The highest BCUT2D eigenvalue weighted by Crippen LogP contribution is 2.14. The first-order chi connectivity index (χ1) is 9.65. The number of esters is 1. The zero-order valence-electron chi connectivity index (χ0n) is 10.4. The second-order valence-electron chi connectivity index (χ2n) is 3.86. The van der Waals surface area contributed by atoms with Gasteiger partial charge in [0.15, 0.2) is 11.3 Å². The fourth-order valence-electron chi connectivity index (χ4n) is 1.46. The van der Waals surface area contributed by atoms with E-state index in [-0.39, 0.29) is 18.3 Å². The lowest BCUT2D eigenvalue weighted by atomic mass is 10.3. The molecule has 2 rings (SSSR count). The van der Waals surface area contributed by atoms with Crippen molar-refractivity contribution >= 4 is 39.1 Å². The van der Waals surface area contributed by atoms with E-state index in [9.17, 15) is 9.59 Å². The van der Waals surface area contributed by atoms with Gasteiger partial charge in [0.25, 0.3) is 5.91 Å². The first kappa shape index (κ1) is 14.8. The lowest BCUT2D eigenvalue weighted by Gasteiger charge is -2.04. The maximum Gasteiger partial charge on any atom is 0.374 e. The van der Waals surface area contributed by atoms with Gasteiger partial charge in [0.1, 0.15) is 0 Å². The number of ether oxygens (including phenoxy) is 1. The van der Waals surface area contributed by atoms with Crippen LogP contribution >= 0.6 is 27.3 Å². The van der Waals surface area contributed by atoms with Gasteiger partial charge in [-0.15, -0.1) is 11.3 Å². The second kappa shape index (κ2) is 7.25. The number of carbonyl (C=O) groups excluding carboxylic acids is 2. The summed E-state index contributed by atoms with van der Waals surface area (Å²) in [7, 11) is 0. The number of furan rings is 1. The Hall–Kier alpha value is -1.60. The van der Waals surface area contributed by atoms with Crippen LogP contribution in [0.5, 0.6) is 0 Å². The van der Waals surface area contributed by atoms with E-state index < -0.39 is 5.97 Å². The molecular weight excluding hydrogens is 346 g/mol. The average molecular weight is 358 g/mol. The van der Waals surface area contributed by atoms with E-state index in [0.29, 0.717) is 11.2 Å². The molecule has 106 valence electrons. The van der Waals surface area contributed by atoms with Gasteiger partial charge >= 0.3 is 5.97 Å². The fraction of sp³-hybridized carbons (Fsp3) is 0.231. The van der Waals surface area contributed by atoms with E-state index in [1.807, 2.05) is 17.5 Å². The quantitative estimate of drug-likeness (QED) is 0.806. The van der Waals surface area contributed by atoms with E-state index in [1.165, 1.54) is 10.9 Å². The number of hydrogen-bond donors (Lipinski definition) is 1. The largest absolute Gasteiger partial charge is 0.450 e. The van der Waals surface area contributed by atoms with E-state index in [2.05, 4.69) is 21.2 Å². The van der Waals surface area contributed by atoms with Gasteiger partial charge in [-0.05, 0) is 45.9 Å². The highest BCUT2D eigenvalue weighted by atomic mass is 79.9. The molecule has 2 heterocycles. The Bertz CT molecular complexity index is 579. The van der Waals surface area contributed by atoms with Crippen LogP contribution in [0.15, 0.2) is 38.7 Å². The van der Waals surface area contributed by atoms with Gasteiger partial charge in [-0.25, -0.2) is 4.79 Å². The number of hydrogen-bond acceptors (Lipinski definition) is 5. The second-order valence-corrected chi connectivity index (χ2v) is 5.67. The monoisotopic (exact) mass is 357 g/mol.